The zero-order valence-corrected chi connectivity index (χ0v) is 14.1. The number of ether oxygens (including phenoxy) is 1. The van der Waals surface area contributed by atoms with E-state index < -0.39 is 0 Å². The fraction of sp³-hybridized carbons (Fsp3) is 0.611. The minimum absolute atomic E-state index is 0.123. The normalized spacial score (nSPS) is 18.7. The smallest absolute Gasteiger partial charge is 0.227 e. The van der Waals surface area contributed by atoms with Gasteiger partial charge in [0.05, 0.1) is 25.2 Å². The maximum atomic E-state index is 12.4. The minimum atomic E-state index is -0.317. The first kappa shape index (κ1) is 17.9. The van der Waals surface area contributed by atoms with Crippen LogP contribution in [0.3, 0.4) is 0 Å². The van der Waals surface area contributed by atoms with Gasteiger partial charge in [-0.05, 0) is 12.5 Å². The van der Waals surface area contributed by atoms with Gasteiger partial charge in [-0.1, -0.05) is 37.3 Å². The second kappa shape index (κ2) is 9.01. The average Bonchev–Trinajstić information content (AvgIpc) is 2.55. The van der Waals surface area contributed by atoms with Crippen LogP contribution in [0.25, 0.3) is 0 Å². The lowest BCUT2D eigenvalue weighted by Crippen LogP contribution is -2.51. The van der Waals surface area contributed by atoms with E-state index in [0.717, 1.165) is 31.7 Å². The molecule has 5 heteroatoms. The van der Waals surface area contributed by atoms with Crippen LogP contribution in [-0.2, 0) is 16.1 Å². The van der Waals surface area contributed by atoms with Gasteiger partial charge in [-0.25, -0.2) is 0 Å². The average molecular weight is 320 g/mol. The van der Waals surface area contributed by atoms with Crippen molar-refractivity contribution < 1.29 is 14.6 Å². The summed E-state index contributed by atoms with van der Waals surface area (Å²) in [5, 5.41) is 9.42. The number of benzene rings is 1. The second-order valence-electron chi connectivity index (χ2n) is 6.38. The lowest BCUT2D eigenvalue weighted by Gasteiger charge is -2.36. The van der Waals surface area contributed by atoms with Gasteiger partial charge in [-0.3, -0.25) is 9.69 Å². The molecular weight excluding hydrogens is 292 g/mol. The van der Waals surface area contributed by atoms with Gasteiger partial charge in [-0.15, -0.1) is 0 Å². The molecule has 1 saturated heterocycles. The molecule has 0 spiro atoms. The first-order valence-corrected chi connectivity index (χ1v) is 8.37. The monoisotopic (exact) mass is 320 g/mol. The fourth-order valence-electron chi connectivity index (χ4n) is 2.84. The van der Waals surface area contributed by atoms with Crippen molar-refractivity contribution in [2.75, 3.05) is 39.3 Å². The van der Waals surface area contributed by atoms with Gasteiger partial charge in [0.15, 0.2) is 0 Å². The predicted molar refractivity (Wildman–Crippen MR) is 90.0 cm³/mol. The largest absolute Gasteiger partial charge is 0.392 e. The highest BCUT2D eigenvalue weighted by Crippen LogP contribution is 2.10. The highest BCUT2D eigenvalue weighted by atomic mass is 16.5. The van der Waals surface area contributed by atoms with Gasteiger partial charge >= 0.3 is 0 Å². The number of piperazine rings is 1. The Morgan fingerprint density at radius 2 is 1.83 bits per heavy atom. The van der Waals surface area contributed by atoms with Crippen LogP contribution in [0.4, 0.5) is 0 Å². The summed E-state index contributed by atoms with van der Waals surface area (Å²) in [6.45, 7) is 8.50. The molecule has 2 unspecified atom stereocenters. The first-order chi connectivity index (χ1) is 11.1. The van der Waals surface area contributed by atoms with Gasteiger partial charge in [-0.2, -0.15) is 0 Å². The van der Waals surface area contributed by atoms with E-state index in [9.17, 15) is 9.90 Å². The number of nitrogens with zero attached hydrogens (tertiary/aromatic N) is 2. The molecule has 0 radical (unpaired) electrons. The van der Waals surface area contributed by atoms with Crippen LogP contribution in [0.2, 0.25) is 0 Å². The van der Waals surface area contributed by atoms with Crippen LogP contribution in [0, 0.1) is 5.92 Å². The Bertz CT molecular complexity index is 470. The van der Waals surface area contributed by atoms with Gasteiger partial charge in [0, 0.05) is 32.7 Å². The second-order valence-corrected chi connectivity index (χ2v) is 6.38. The summed E-state index contributed by atoms with van der Waals surface area (Å²) in [6, 6.07) is 9.99. The van der Waals surface area contributed by atoms with Crippen LogP contribution in [0.1, 0.15) is 19.4 Å². The molecule has 1 fully saturated rings. The van der Waals surface area contributed by atoms with Gasteiger partial charge < -0.3 is 14.7 Å². The molecule has 128 valence electrons. The molecule has 1 N–H and O–H groups in total. The topological polar surface area (TPSA) is 53.0 Å². The number of aliphatic hydroxyl groups is 1. The molecule has 1 aromatic rings. The van der Waals surface area contributed by atoms with E-state index in [0.29, 0.717) is 19.8 Å². The van der Waals surface area contributed by atoms with Crippen LogP contribution in [0.15, 0.2) is 30.3 Å². The summed E-state index contributed by atoms with van der Waals surface area (Å²) >= 11 is 0. The molecule has 1 amide bonds. The van der Waals surface area contributed by atoms with Crippen molar-refractivity contribution in [3.63, 3.8) is 0 Å². The quantitative estimate of drug-likeness (QED) is 0.824. The lowest BCUT2D eigenvalue weighted by molar-refractivity contribution is -0.139. The third-order valence-electron chi connectivity index (χ3n) is 4.11. The van der Waals surface area contributed by atoms with E-state index in [2.05, 4.69) is 4.90 Å². The van der Waals surface area contributed by atoms with Gasteiger partial charge in [0.25, 0.3) is 0 Å². The Morgan fingerprint density at radius 1 is 1.17 bits per heavy atom. The van der Waals surface area contributed by atoms with Crippen molar-refractivity contribution in [3.8, 4) is 0 Å². The molecule has 2 atom stereocenters. The number of rotatable bonds is 7. The summed E-state index contributed by atoms with van der Waals surface area (Å²) in [7, 11) is 0. The Labute approximate surface area is 138 Å². The molecule has 1 aliphatic heterocycles. The molecule has 1 heterocycles. The fourth-order valence-corrected chi connectivity index (χ4v) is 2.84. The molecule has 0 aromatic heterocycles. The Balaban J connectivity index is 1.69. The van der Waals surface area contributed by atoms with E-state index in [1.807, 2.05) is 42.2 Å². The number of aliphatic hydroxyl groups excluding tert-OH is 1. The number of hydrogen-bond acceptors (Lipinski definition) is 4. The first-order valence-electron chi connectivity index (χ1n) is 8.37. The molecule has 0 saturated carbocycles. The molecule has 2 rings (SSSR count). The molecular formula is C18H28N2O3. The Morgan fingerprint density at radius 3 is 2.43 bits per heavy atom. The van der Waals surface area contributed by atoms with Crippen molar-refractivity contribution >= 4 is 5.91 Å². The highest BCUT2D eigenvalue weighted by Gasteiger charge is 2.25. The van der Waals surface area contributed by atoms with Crippen molar-refractivity contribution in [2.45, 2.75) is 26.6 Å². The SMILES string of the molecule is CC(O)CN1CCN(C(=O)C(C)COCc2ccccc2)CC1. The Kier molecular flexibility index (Phi) is 7.02. The third-order valence-corrected chi connectivity index (χ3v) is 4.11. The van der Waals surface area contributed by atoms with Crippen LogP contribution >= 0.6 is 0 Å². The molecule has 23 heavy (non-hydrogen) atoms. The van der Waals surface area contributed by atoms with Crippen molar-refractivity contribution in [1.29, 1.82) is 0 Å². The van der Waals surface area contributed by atoms with Crippen molar-refractivity contribution in [2.24, 2.45) is 5.92 Å². The van der Waals surface area contributed by atoms with E-state index in [-0.39, 0.29) is 17.9 Å². The van der Waals surface area contributed by atoms with E-state index >= 15 is 0 Å². The van der Waals surface area contributed by atoms with Crippen LogP contribution in [-0.4, -0.2) is 66.2 Å². The molecule has 0 bridgehead atoms. The zero-order valence-electron chi connectivity index (χ0n) is 14.1. The number of amides is 1. The van der Waals surface area contributed by atoms with Crippen molar-refractivity contribution in [1.82, 2.24) is 9.80 Å². The molecule has 0 aliphatic carbocycles. The van der Waals surface area contributed by atoms with E-state index in [1.54, 1.807) is 6.92 Å². The number of hydrogen-bond donors (Lipinski definition) is 1. The lowest BCUT2D eigenvalue weighted by atomic mass is 10.1. The van der Waals surface area contributed by atoms with Crippen LogP contribution in [0.5, 0.6) is 0 Å². The predicted octanol–water partition coefficient (Wildman–Crippen LogP) is 1.36. The summed E-state index contributed by atoms with van der Waals surface area (Å²) in [4.78, 5) is 16.6. The van der Waals surface area contributed by atoms with E-state index in [4.69, 9.17) is 4.74 Å². The maximum absolute atomic E-state index is 12.4. The van der Waals surface area contributed by atoms with Crippen LogP contribution < -0.4 is 0 Å². The summed E-state index contributed by atoms with van der Waals surface area (Å²) in [5.74, 6) is 0.0387. The zero-order chi connectivity index (χ0) is 16.7. The molecule has 1 aromatic carbocycles. The van der Waals surface area contributed by atoms with Gasteiger partial charge in [0.1, 0.15) is 0 Å². The number of carbonyl (C=O) groups excluding carboxylic acids is 1. The third kappa shape index (κ3) is 5.94. The maximum Gasteiger partial charge on any atom is 0.227 e. The Hall–Kier alpha value is -1.43. The summed E-state index contributed by atoms with van der Waals surface area (Å²) < 4.78 is 5.68. The summed E-state index contributed by atoms with van der Waals surface area (Å²) in [6.07, 6.45) is -0.317. The molecule has 1 aliphatic rings. The number of β-amino-alcohol motifs (C(OH)–C–C–N with tert-alkyl or cyclic N) is 1. The highest BCUT2D eigenvalue weighted by molar-refractivity contribution is 5.78. The van der Waals surface area contributed by atoms with Crippen molar-refractivity contribution in [3.05, 3.63) is 35.9 Å². The minimum Gasteiger partial charge on any atom is -0.392 e. The van der Waals surface area contributed by atoms with E-state index in [1.165, 1.54) is 0 Å². The van der Waals surface area contributed by atoms with Gasteiger partial charge in [0.2, 0.25) is 5.91 Å². The molecule has 5 nitrogen and oxygen atoms in total. The number of carbonyl (C=O) groups is 1. The standard InChI is InChI=1S/C18H28N2O3/c1-15(13-23-14-17-6-4-3-5-7-17)18(22)20-10-8-19(9-11-20)12-16(2)21/h3-7,15-16,21H,8-14H2,1-2H3. The summed E-state index contributed by atoms with van der Waals surface area (Å²) in [5.41, 5.74) is 1.12.